The number of nitrogens with zero attached hydrogens (tertiary/aromatic N) is 4. The van der Waals surface area contributed by atoms with Crippen molar-refractivity contribution in [2.45, 2.75) is 52.1 Å². The van der Waals surface area contributed by atoms with Crippen LogP contribution in [0.3, 0.4) is 0 Å². The number of aromatic nitrogens is 2. The molecule has 1 fully saturated rings. The van der Waals surface area contributed by atoms with Gasteiger partial charge >= 0.3 is 0 Å². The van der Waals surface area contributed by atoms with Crippen molar-refractivity contribution in [2.24, 2.45) is 0 Å². The highest BCUT2D eigenvalue weighted by Gasteiger charge is 2.22. The van der Waals surface area contributed by atoms with Gasteiger partial charge in [-0.15, -0.1) is 5.10 Å². The topological polar surface area (TPSA) is 74.1 Å². The van der Waals surface area contributed by atoms with Crippen molar-refractivity contribution in [2.75, 3.05) is 25.5 Å². The van der Waals surface area contributed by atoms with Crippen LogP contribution in [0.4, 0.5) is 10.2 Å². The summed E-state index contributed by atoms with van der Waals surface area (Å²) in [5.74, 6) is 0.537. The van der Waals surface area contributed by atoms with E-state index in [0.29, 0.717) is 17.9 Å². The zero-order valence-electron chi connectivity index (χ0n) is 17.3. The lowest BCUT2D eigenvalue weighted by molar-refractivity contribution is 0.211. The van der Waals surface area contributed by atoms with Crippen molar-refractivity contribution in [3.8, 4) is 11.8 Å². The minimum Gasteiger partial charge on any atom is -0.494 e. The van der Waals surface area contributed by atoms with Crippen molar-refractivity contribution in [1.82, 2.24) is 15.1 Å². The second-order valence-electron chi connectivity index (χ2n) is 7.33. The Hall–Kier alpha value is -2.72. The first-order valence-corrected chi connectivity index (χ1v) is 10.2. The second kappa shape index (κ2) is 9.66. The number of halogens is 1. The number of likely N-dealkylation sites (tertiary alicyclic amines) is 1. The van der Waals surface area contributed by atoms with Crippen LogP contribution in [0.2, 0.25) is 0 Å². The van der Waals surface area contributed by atoms with Gasteiger partial charge < -0.3 is 10.1 Å². The van der Waals surface area contributed by atoms with Gasteiger partial charge in [0.25, 0.3) is 0 Å². The van der Waals surface area contributed by atoms with Crippen LogP contribution < -0.4 is 10.1 Å². The standard InChI is InChI=1S/C22H28FN5O/c1-4-17-18(13-24)22(27-26-20(17)5-2)25-16-8-10-28(11-9-16)14-15-6-7-21(29-3)19(23)12-15/h6-7,12,16H,4-5,8-11,14H2,1-3H3,(H,25,27). The third kappa shape index (κ3) is 4.83. The molecule has 1 N–H and O–H groups in total. The lowest BCUT2D eigenvalue weighted by atomic mass is 10.0. The predicted octanol–water partition coefficient (Wildman–Crippen LogP) is 3.70. The number of piperidine rings is 1. The fourth-order valence-corrected chi connectivity index (χ4v) is 3.89. The summed E-state index contributed by atoms with van der Waals surface area (Å²) in [6, 6.07) is 7.68. The molecule has 154 valence electrons. The zero-order valence-corrected chi connectivity index (χ0v) is 17.3. The van der Waals surface area contributed by atoms with E-state index in [2.05, 4.69) is 26.5 Å². The van der Waals surface area contributed by atoms with Gasteiger partial charge in [0.1, 0.15) is 11.6 Å². The summed E-state index contributed by atoms with van der Waals surface area (Å²) in [6.45, 7) is 6.58. The molecule has 0 aliphatic carbocycles. The lowest BCUT2D eigenvalue weighted by Gasteiger charge is -2.32. The molecule has 0 bridgehead atoms. The molecule has 0 unspecified atom stereocenters. The second-order valence-corrected chi connectivity index (χ2v) is 7.33. The average molecular weight is 397 g/mol. The van der Waals surface area contributed by atoms with E-state index in [4.69, 9.17) is 4.74 Å². The molecule has 1 aromatic carbocycles. The van der Waals surface area contributed by atoms with Gasteiger partial charge in [-0.3, -0.25) is 4.90 Å². The number of methoxy groups -OCH3 is 1. The number of nitrogens with one attached hydrogen (secondary N) is 1. The normalized spacial score (nSPS) is 15.1. The van der Waals surface area contributed by atoms with Gasteiger partial charge in [0.05, 0.1) is 12.8 Å². The number of nitriles is 1. The van der Waals surface area contributed by atoms with Crippen LogP contribution in [0.25, 0.3) is 0 Å². The number of benzene rings is 1. The third-order valence-corrected chi connectivity index (χ3v) is 5.51. The Labute approximate surface area is 171 Å². The van der Waals surface area contributed by atoms with Crippen LogP contribution >= 0.6 is 0 Å². The van der Waals surface area contributed by atoms with Crippen molar-refractivity contribution in [3.05, 3.63) is 46.4 Å². The summed E-state index contributed by atoms with van der Waals surface area (Å²) >= 11 is 0. The largest absolute Gasteiger partial charge is 0.494 e. The minimum absolute atomic E-state index is 0.248. The van der Waals surface area contributed by atoms with E-state index in [-0.39, 0.29) is 17.6 Å². The van der Waals surface area contributed by atoms with Crippen LogP contribution in [0, 0.1) is 17.1 Å². The molecule has 6 nitrogen and oxygen atoms in total. The number of anilines is 1. The Morgan fingerprint density at radius 3 is 2.59 bits per heavy atom. The van der Waals surface area contributed by atoms with Gasteiger partial charge in [0.15, 0.2) is 17.4 Å². The highest BCUT2D eigenvalue weighted by molar-refractivity contribution is 5.57. The molecule has 0 spiro atoms. The van der Waals surface area contributed by atoms with Gasteiger partial charge in [-0.25, -0.2) is 4.39 Å². The zero-order chi connectivity index (χ0) is 20.8. The summed E-state index contributed by atoms with van der Waals surface area (Å²) in [4.78, 5) is 2.31. The molecule has 2 aromatic rings. The molecule has 2 heterocycles. The number of hydrogen-bond donors (Lipinski definition) is 1. The molecule has 0 saturated carbocycles. The summed E-state index contributed by atoms with van der Waals surface area (Å²) in [6.07, 6.45) is 3.41. The fourth-order valence-electron chi connectivity index (χ4n) is 3.89. The van der Waals surface area contributed by atoms with Gasteiger partial charge in [-0.2, -0.15) is 10.4 Å². The van der Waals surface area contributed by atoms with Crippen molar-refractivity contribution >= 4 is 5.82 Å². The Bertz CT molecular complexity index is 888. The number of ether oxygens (including phenoxy) is 1. The van der Waals surface area contributed by atoms with Crippen molar-refractivity contribution in [3.63, 3.8) is 0 Å². The van der Waals surface area contributed by atoms with Gasteiger partial charge in [-0.1, -0.05) is 19.9 Å². The average Bonchev–Trinajstić information content (AvgIpc) is 2.74. The van der Waals surface area contributed by atoms with E-state index in [1.54, 1.807) is 12.1 Å². The highest BCUT2D eigenvalue weighted by Crippen LogP contribution is 2.24. The van der Waals surface area contributed by atoms with E-state index in [1.165, 1.54) is 7.11 Å². The molecule has 1 aliphatic heterocycles. The molecule has 0 radical (unpaired) electrons. The van der Waals surface area contributed by atoms with Crippen molar-refractivity contribution in [1.29, 1.82) is 5.26 Å². The lowest BCUT2D eigenvalue weighted by Crippen LogP contribution is -2.39. The molecule has 0 atom stereocenters. The first-order chi connectivity index (χ1) is 14.1. The van der Waals surface area contributed by atoms with Crippen LogP contribution in [0.15, 0.2) is 18.2 Å². The van der Waals surface area contributed by atoms with Crippen LogP contribution in [-0.2, 0) is 19.4 Å². The molecule has 1 aromatic heterocycles. The monoisotopic (exact) mass is 397 g/mol. The fraction of sp³-hybridized carbons (Fsp3) is 0.500. The smallest absolute Gasteiger partial charge is 0.167 e. The molecular formula is C22H28FN5O. The van der Waals surface area contributed by atoms with E-state index >= 15 is 0 Å². The Balaban J connectivity index is 1.60. The third-order valence-electron chi connectivity index (χ3n) is 5.51. The Morgan fingerprint density at radius 2 is 2.00 bits per heavy atom. The molecule has 0 amide bonds. The predicted molar refractivity (Wildman–Crippen MR) is 110 cm³/mol. The molecule has 29 heavy (non-hydrogen) atoms. The van der Waals surface area contributed by atoms with Gasteiger partial charge in [-0.05, 0) is 48.9 Å². The summed E-state index contributed by atoms with van der Waals surface area (Å²) in [5, 5.41) is 21.7. The Morgan fingerprint density at radius 1 is 1.24 bits per heavy atom. The molecular weight excluding hydrogens is 369 g/mol. The van der Waals surface area contributed by atoms with Crippen LogP contribution in [0.5, 0.6) is 5.75 Å². The van der Waals surface area contributed by atoms with Gasteiger partial charge in [0, 0.05) is 25.7 Å². The number of hydrogen-bond acceptors (Lipinski definition) is 6. The maximum atomic E-state index is 13.9. The first kappa shape index (κ1) is 21.0. The number of rotatable bonds is 7. The van der Waals surface area contributed by atoms with E-state index in [1.807, 2.05) is 19.9 Å². The number of aryl methyl sites for hydroxylation is 1. The van der Waals surface area contributed by atoms with Crippen molar-refractivity contribution < 1.29 is 9.13 Å². The molecule has 3 rings (SSSR count). The maximum absolute atomic E-state index is 13.9. The SMILES string of the molecule is CCc1nnc(NC2CCN(Cc3ccc(OC)c(F)c3)CC2)c(C#N)c1CC. The summed E-state index contributed by atoms with van der Waals surface area (Å²) in [5.41, 5.74) is 3.45. The summed E-state index contributed by atoms with van der Waals surface area (Å²) < 4.78 is 18.9. The van der Waals surface area contributed by atoms with E-state index in [9.17, 15) is 9.65 Å². The first-order valence-electron chi connectivity index (χ1n) is 10.2. The van der Waals surface area contributed by atoms with E-state index in [0.717, 1.165) is 55.6 Å². The van der Waals surface area contributed by atoms with Crippen LogP contribution in [0.1, 0.15) is 49.1 Å². The Kier molecular flexibility index (Phi) is 6.99. The maximum Gasteiger partial charge on any atom is 0.167 e. The molecule has 1 aliphatic rings. The van der Waals surface area contributed by atoms with Crippen LogP contribution in [-0.4, -0.2) is 41.3 Å². The quantitative estimate of drug-likeness (QED) is 0.768. The minimum atomic E-state index is -0.327. The summed E-state index contributed by atoms with van der Waals surface area (Å²) in [7, 11) is 1.47. The van der Waals surface area contributed by atoms with Gasteiger partial charge in [0.2, 0.25) is 0 Å². The molecule has 7 heteroatoms. The highest BCUT2D eigenvalue weighted by atomic mass is 19.1. The molecule has 1 saturated heterocycles. The van der Waals surface area contributed by atoms with E-state index < -0.39 is 0 Å².